The normalized spacial score (nSPS) is 12.7. The quantitative estimate of drug-likeness (QED) is 0.827. The highest BCUT2D eigenvalue weighted by molar-refractivity contribution is 5.96. The molecule has 0 spiro atoms. The van der Waals surface area contributed by atoms with Crippen molar-refractivity contribution < 1.29 is 14.3 Å². The number of nitrogens with two attached hydrogens (primary N) is 1. The summed E-state index contributed by atoms with van der Waals surface area (Å²) in [5.74, 6) is -0.627. The lowest BCUT2D eigenvalue weighted by molar-refractivity contribution is -0.119. The van der Waals surface area contributed by atoms with Gasteiger partial charge in [0.25, 0.3) is 0 Å². The average Bonchev–Trinajstić information content (AvgIpc) is 2.37. The molecule has 0 saturated carbocycles. The van der Waals surface area contributed by atoms with Crippen molar-refractivity contribution in [1.82, 2.24) is 0 Å². The van der Waals surface area contributed by atoms with E-state index >= 15 is 0 Å². The van der Waals surface area contributed by atoms with Crippen LogP contribution >= 0.6 is 0 Å². The van der Waals surface area contributed by atoms with Crippen LogP contribution in [0.5, 0.6) is 0 Å². The number of esters is 1. The maximum Gasteiger partial charge on any atom is 0.338 e. The van der Waals surface area contributed by atoms with Gasteiger partial charge in [-0.3, -0.25) is 4.79 Å². The number of nitrogens with one attached hydrogen (secondary N) is 1. The van der Waals surface area contributed by atoms with Gasteiger partial charge < -0.3 is 15.8 Å². The zero-order chi connectivity index (χ0) is 15.3. The van der Waals surface area contributed by atoms with Crippen molar-refractivity contribution in [2.75, 3.05) is 11.9 Å². The second kappa shape index (κ2) is 6.52. The molecule has 1 aromatic rings. The lowest BCUT2D eigenvalue weighted by atomic mass is 9.87. The lowest BCUT2D eigenvalue weighted by Gasteiger charge is -2.25. The second-order valence-electron chi connectivity index (χ2n) is 5.63. The van der Waals surface area contributed by atoms with Gasteiger partial charge in [0, 0.05) is 5.69 Å². The minimum atomic E-state index is -0.604. The fourth-order valence-electron chi connectivity index (χ4n) is 1.52. The van der Waals surface area contributed by atoms with Crippen LogP contribution in [0.2, 0.25) is 0 Å². The molecule has 0 aliphatic rings. The van der Waals surface area contributed by atoms with E-state index in [1.807, 2.05) is 20.8 Å². The highest BCUT2D eigenvalue weighted by atomic mass is 16.5. The molecule has 20 heavy (non-hydrogen) atoms. The van der Waals surface area contributed by atoms with E-state index in [0.29, 0.717) is 17.9 Å². The monoisotopic (exact) mass is 278 g/mol. The van der Waals surface area contributed by atoms with E-state index in [1.54, 1.807) is 31.2 Å². The number of benzene rings is 1. The van der Waals surface area contributed by atoms with Crippen LogP contribution in [0.1, 0.15) is 38.1 Å². The predicted molar refractivity (Wildman–Crippen MR) is 78.5 cm³/mol. The van der Waals surface area contributed by atoms with Gasteiger partial charge in [-0.25, -0.2) is 4.79 Å². The Hall–Kier alpha value is -1.88. The van der Waals surface area contributed by atoms with Crippen molar-refractivity contribution in [3.63, 3.8) is 0 Å². The van der Waals surface area contributed by atoms with Crippen molar-refractivity contribution >= 4 is 17.6 Å². The van der Waals surface area contributed by atoms with Gasteiger partial charge >= 0.3 is 5.97 Å². The molecule has 0 unspecified atom stereocenters. The highest BCUT2D eigenvalue weighted by Crippen LogP contribution is 2.19. The standard InChI is InChI=1S/C15H22N2O3/c1-5-20-14(19)10-6-8-11(9-7-10)17-13(18)12(16)15(2,3)4/h6-9,12H,5,16H2,1-4H3,(H,17,18)/t12-/m1/s1. The molecule has 0 radical (unpaired) electrons. The largest absolute Gasteiger partial charge is 0.462 e. The third-order valence-electron chi connectivity index (χ3n) is 2.88. The number of carbonyl (C=O) groups excluding carboxylic acids is 2. The van der Waals surface area contributed by atoms with Crippen LogP contribution in [0.15, 0.2) is 24.3 Å². The van der Waals surface area contributed by atoms with Gasteiger partial charge in [0.2, 0.25) is 5.91 Å². The molecule has 1 rings (SSSR count). The molecule has 0 aliphatic carbocycles. The summed E-state index contributed by atoms with van der Waals surface area (Å²) in [5.41, 5.74) is 6.61. The molecule has 5 nitrogen and oxygen atoms in total. The Morgan fingerprint density at radius 3 is 2.25 bits per heavy atom. The van der Waals surface area contributed by atoms with Crippen LogP contribution in [0.25, 0.3) is 0 Å². The van der Waals surface area contributed by atoms with Crippen LogP contribution in [-0.4, -0.2) is 24.5 Å². The summed E-state index contributed by atoms with van der Waals surface area (Å²) in [5, 5.41) is 2.73. The Kier molecular flexibility index (Phi) is 5.27. The van der Waals surface area contributed by atoms with Crippen LogP contribution in [0, 0.1) is 5.41 Å². The van der Waals surface area contributed by atoms with Crippen molar-refractivity contribution in [2.24, 2.45) is 11.1 Å². The Labute approximate surface area is 119 Å². The molecule has 0 fully saturated rings. The third kappa shape index (κ3) is 4.35. The number of rotatable bonds is 4. The zero-order valence-corrected chi connectivity index (χ0v) is 12.4. The first kappa shape index (κ1) is 16.2. The van der Waals surface area contributed by atoms with Gasteiger partial charge in [0.05, 0.1) is 18.2 Å². The molecule has 0 heterocycles. The summed E-state index contributed by atoms with van der Waals surface area (Å²) < 4.78 is 4.89. The highest BCUT2D eigenvalue weighted by Gasteiger charge is 2.27. The molecule has 1 aromatic carbocycles. The number of anilines is 1. The minimum absolute atomic E-state index is 0.249. The van der Waals surface area contributed by atoms with Gasteiger partial charge in [-0.1, -0.05) is 20.8 Å². The molecular formula is C15H22N2O3. The maximum absolute atomic E-state index is 12.0. The van der Waals surface area contributed by atoms with E-state index in [9.17, 15) is 9.59 Å². The molecule has 5 heteroatoms. The van der Waals surface area contributed by atoms with E-state index in [4.69, 9.17) is 10.5 Å². The van der Waals surface area contributed by atoms with Crippen molar-refractivity contribution in [1.29, 1.82) is 0 Å². The predicted octanol–water partition coefficient (Wildman–Crippen LogP) is 2.18. The van der Waals surface area contributed by atoms with Gasteiger partial charge in [-0.15, -0.1) is 0 Å². The number of hydrogen-bond acceptors (Lipinski definition) is 4. The van der Waals surface area contributed by atoms with E-state index in [0.717, 1.165) is 0 Å². The fourth-order valence-corrected chi connectivity index (χ4v) is 1.52. The van der Waals surface area contributed by atoms with E-state index in [1.165, 1.54) is 0 Å². The van der Waals surface area contributed by atoms with E-state index < -0.39 is 6.04 Å². The second-order valence-corrected chi connectivity index (χ2v) is 5.63. The zero-order valence-electron chi connectivity index (χ0n) is 12.4. The van der Waals surface area contributed by atoms with Gasteiger partial charge in [0.15, 0.2) is 0 Å². The first-order valence-corrected chi connectivity index (χ1v) is 6.59. The number of hydrogen-bond donors (Lipinski definition) is 2. The molecule has 1 atom stereocenters. The van der Waals surface area contributed by atoms with E-state index in [-0.39, 0.29) is 17.3 Å². The molecule has 1 amide bonds. The molecule has 0 saturated heterocycles. The summed E-state index contributed by atoms with van der Waals surface area (Å²) in [6.07, 6.45) is 0. The fraction of sp³-hybridized carbons (Fsp3) is 0.467. The smallest absolute Gasteiger partial charge is 0.338 e. The molecule has 3 N–H and O–H groups in total. The first-order chi connectivity index (χ1) is 9.25. The van der Waals surface area contributed by atoms with E-state index in [2.05, 4.69) is 5.32 Å². The Balaban J connectivity index is 2.71. The van der Waals surface area contributed by atoms with Gasteiger partial charge in [-0.2, -0.15) is 0 Å². The van der Waals surface area contributed by atoms with Crippen molar-refractivity contribution in [3.8, 4) is 0 Å². The molecule has 110 valence electrons. The third-order valence-corrected chi connectivity index (χ3v) is 2.88. The van der Waals surface area contributed by atoms with Gasteiger partial charge in [-0.05, 0) is 36.6 Å². The first-order valence-electron chi connectivity index (χ1n) is 6.59. The minimum Gasteiger partial charge on any atom is -0.462 e. The van der Waals surface area contributed by atoms with Crippen molar-refractivity contribution in [2.45, 2.75) is 33.7 Å². The summed E-state index contributed by atoms with van der Waals surface area (Å²) in [4.78, 5) is 23.4. The van der Waals surface area contributed by atoms with Crippen molar-refractivity contribution in [3.05, 3.63) is 29.8 Å². The SMILES string of the molecule is CCOC(=O)c1ccc(NC(=O)[C@@H](N)C(C)(C)C)cc1. The van der Waals surface area contributed by atoms with Crippen LogP contribution in [0.4, 0.5) is 5.69 Å². The average molecular weight is 278 g/mol. The topological polar surface area (TPSA) is 81.4 Å². The van der Waals surface area contributed by atoms with Gasteiger partial charge in [0.1, 0.15) is 0 Å². The lowest BCUT2D eigenvalue weighted by Crippen LogP contribution is -2.45. The maximum atomic E-state index is 12.0. The molecular weight excluding hydrogens is 256 g/mol. The molecule has 0 aliphatic heterocycles. The summed E-state index contributed by atoms with van der Waals surface area (Å²) in [6.45, 7) is 7.79. The summed E-state index contributed by atoms with van der Waals surface area (Å²) >= 11 is 0. The summed E-state index contributed by atoms with van der Waals surface area (Å²) in [7, 11) is 0. The number of carbonyl (C=O) groups is 2. The molecule has 0 bridgehead atoms. The molecule has 0 aromatic heterocycles. The Bertz CT molecular complexity index is 475. The van der Waals surface area contributed by atoms with Crippen LogP contribution in [-0.2, 0) is 9.53 Å². The number of ether oxygens (including phenoxy) is 1. The Morgan fingerprint density at radius 1 is 1.25 bits per heavy atom. The summed E-state index contributed by atoms with van der Waals surface area (Å²) in [6, 6.07) is 5.91. The Morgan fingerprint density at radius 2 is 1.80 bits per heavy atom. The number of amides is 1. The van der Waals surface area contributed by atoms with Crippen LogP contribution < -0.4 is 11.1 Å². The van der Waals surface area contributed by atoms with Crippen LogP contribution in [0.3, 0.4) is 0 Å².